The van der Waals surface area contributed by atoms with Crippen molar-refractivity contribution in [2.45, 2.75) is 31.5 Å². The number of hydrogen-bond donors (Lipinski definition) is 3. The number of carbonyl (C=O) groups is 1. The number of carboxylic acid groups (broad SMARTS) is 1. The highest BCUT2D eigenvalue weighted by Crippen LogP contribution is 2.41. The van der Waals surface area contributed by atoms with Crippen molar-refractivity contribution in [2.75, 3.05) is 0 Å². The van der Waals surface area contributed by atoms with Crippen LogP contribution in [0.25, 0.3) is 0 Å². The summed E-state index contributed by atoms with van der Waals surface area (Å²) in [6, 6.07) is -0.776. The molecule has 3 atom stereocenters. The Hall–Kier alpha value is -1.47. The molecule has 0 aromatic heterocycles. The number of nitrogens with two attached hydrogens (primary N) is 2. The molecule has 0 aromatic rings. The maximum atomic E-state index is 12.6. The van der Waals surface area contributed by atoms with E-state index >= 15 is 0 Å². The Labute approximate surface area is 95.7 Å². The van der Waals surface area contributed by atoms with Gasteiger partial charge in [-0.2, -0.15) is 13.2 Å². The lowest BCUT2D eigenvalue weighted by Gasteiger charge is -2.32. The number of alkyl halides is 3. The SMILES string of the molecule is NC(N)=NC1CC(C(=O)O)CC(C(F)(F)F)C1. The Morgan fingerprint density at radius 2 is 1.82 bits per heavy atom. The first-order valence-corrected chi connectivity index (χ1v) is 5.08. The molecule has 1 saturated carbocycles. The second-order valence-electron chi connectivity index (χ2n) is 4.19. The Kier molecular flexibility index (Phi) is 3.84. The predicted octanol–water partition coefficient (Wildman–Crippen LogP) is 0.692. The zero-order valence-corrected chi connectivity index (χ0v) is 8.94. The summed E-state index contributed by atoms with van der Waals surface area (Å²) in [7, 11) is 0. The molecule has 0 heterocycles. The molecule has 0 aliphatic heterocycles. The molecule has 0 amide bonds. The minimum absolute atomic E-state index is 0.0415. The van der Waals surface area contributed by atoms with E-state index in [0.29, 0.717) is 0 Å². The van der Waals surface area contributed by atoms with Gasteiger partial charge in [0.05, 0.1) is 17.9 Å². The van der Waals surface area contributed by atoms with Crippen molar-refractivity contribution in [2.24, 2.45) is 28.3 Å². The topological polar surface area (TPSA) is 102 Å². The number of halogens is 3. The van der Waals surface area contributed by atoms with Crippen LogP contribution in [0.3, 0.4) is 0 Å². The van der Waals surface area contributed by atoms with Gasteiger partial charge in [-0.05, 0) is 19.3 Å². The normalized spacial score (nSPS) is 29.7. The van der Waals surface area contributed by atoms with Crippen LogP contribution in [0.2, 0.25) is 0 Å². The largest absolute Gasteiger partial charge is 0.481 e. The van der Waals surface area contributed by atoms with Gasteiger partial charge in [-0.15, -0.1) is 0 Å². The third-order valence-electron chi connectivity index (χ3n) is 2.83. The molecule has 5 N–H and O–H groups in total. The Balaban J connectivity index is 2.83. The van der Waals surface area contributed by atoms with E-state index in [2.05, 4.69) is 4.99 Å². The molecule has 98 valence electrons. The average molecular weight is 253 g/mol. The van der Waals surface area contributed by atoms with Crippen molar-refractivity contribution in [3.8, 4) is 0 Å². The fourth-order valence-electron chi connectivity index (χ4n) is 2.07. The average Bonchev–Trinajstić information content (AvgIpc) is 2.14. The summed E-state index contributed by atoms with van der Waals surface area (Å²) in [6.07, 6.45) is -5.04. The second-order valence-corrected chi connectivity index (χ2v) is 4.19. The van der Waals surface area contributed by atoms with E-state index in [1.54, 1.807) is 0 Å². The van der Waals surface area contributed by atoms with Gasteiger partial charge < -0.3 is 16.6 Å². The summed E-state index contributed by atoms with van der Waals surface area (Å²) in [6.45, 7) is 0. The minimum Gasteiger partial charge on any atom is -0.481 e. The van der Waals surface area contributed by atoms with Crippen molar-refractivity contribution >= 4 is 11.9 Å². The van der Waals surface area contributed by atoms with E-state index in [9.17, 15) is 18.0 Å². The lowest BCUT2D eigenvalue weighted by molar-refractivity contribution is -0.189. The first-order valence-electron chi connectivity index (χ1n) is 5.08. The van der Waals surface area contributed by atoms with Crippen LogP contribution in [0.5, 0.6) is 0 Å². The Bertz CT molecular complexity index is 326. The van der Waals surface area contributed by atoms with Crippen molar-refractivity contribution in [1.82, 2.24) is 0 Å². The van der Waals surface area contributed by atoms with Gasteiger partial charge in [0.15, 0.2) is 5.96 Å². The highest BCUT2D eigenvalue weighted by molar-refractivity contribution is 5.76. The van der Waals surface area contributed by atoms with E-state index in [1.807, 2.05) is 0 Å². The van der Waals surface area contributed by atoms with Crippen LogP contribution in [0.4, 0.5) is 13.2 Å². The van der Waals surface area contributed by atoms with Gasteiger partial charge in [0.1, 0.15) is 0 Å². The van der Waals surface area contributed by atoms with E-state index in [1.165, 1.54) is 0 Å². The van der Waals surface area contributed by atoms with Crippen LogP contribution in [0, 0.1) is 11.8 Å². The Morgan fingerprint density at radius 3 is 2.24 bits per heavy atom. The highest BCUT2D eigenvalue weighted by Gasteiger charge is 2.46. The number of rotatable bonds is 2. The predicted molar refractivity (Wildman–Crippen MR) is 54.1 cm³/mol. The van der Waals surface area contributed by atoms with Crippen molar-refractivity contribution < 1.29 is 23.1 Å². The molecule has 1 rings (SSSR count). The molecule has 3 unspecified atom stereocenters. The van der Waals surface area contributed by atoms with Crippen molar-refractivity contribution in [3.05, 3.63) is 0 Å². The summed E-state index contributed by atoms with van der Waals surface area (Å²) < 4.78 is 37.8. The fraction of sp³-hybridized carbons (Fsp3) is 0.778. The van der Waals surface area contributed by atoms with Gasteiger partial charge >= 0.3 is 12.1 Å². The third kappa shape index (κ3) is 3.79. The van der Waals surface area contributed by atoms with Crippen LogP contribution in [-0.4, -0.2) is 29.3 Å². The number of aliphatic imine (C=N–C) groups is 1. The molecule has 1 aliphatic rings. The van der Waals surface area contributed by atoms with Crippen molar-refractivity contribution in [3.63, 3.8) is 0 Å². The molecule has 0 radical (unpaired) electrons. The molecule has 0 aromatic carbocycles. The monoisotopic (exact) mass is 253 g/mol. The van der Waals surface area contributed by atoms with E-state index in [4.69, 9.17) is 16.6 Å². The second kappa shape index (κ2) is 4.80. The standard InChI is InChI=1S/C9H14F3N3O2/c10-9(11,12)5-1-4(7(16)17)2-6(3-5)15-8(13)14/h4-6H,1-3H2,(H,16,17)(H4,13,14,15). The first kappa shape index (κ1) is 13.6. The maximum Gasteiger partial charge on any atom is 0.391 e. The van der Waals surface area contributed by atoms with E-state index < -0.39 is 36.4 Å². The maximum absolute atomic E-state index is 12.6. The molecular formula is C9H14F3N3O2. The molecule has 0 spiro atoms. The molecular weight excluding hydrogens is 239 g/mol. The molecule has 8 heteroatoms. The van der Waals surface area contributed by atoms with Crippen LogP contribution in [0.1, 0.15) is 19.3 Å². The number of hydrogen-bond acceptors (Lipinski definition) is 2. The molecule has 0 saturated heterocycles. The number of carboxylic acids is 1. The van der Waals surface area contributed by atoms with Crippen LogP contribution < -0.4 is 11.5 Å². The van der Waals surface area contributed by atoms with Gasteiger partial charge in [0.2, 0.25) is 0 Å². The number of guanidine groups is 1. The summed E-state index contributed by atoms with van der Waals surface area (Å²) in [5.74, 6) is -4.27. The van der Waals surface area contributed by atoms with Crippen LogP contribution in [-0.2, 0) is 4.79 Å². The van der Waals surface area contributed by atoms with E-state index in [0.717, 1.165) is 0 Å². The molecule has 0 bridgehead atoms. The lowest BCUT2D eigenvalue weighted by Crippen LogP contribution is -2.38. The summed E-state index contributed by atoms with van der Waals surface area (Å²) in [5.41, 5.74) is 10.2. The van der Waals surface area contributed by atoms with Gasteiger partial charge in [-0.3, -0.25) is 9.79 Å². The summed E-state index contributed by atoms with van der Waals surface area (Å²) >= 11 is 0. The molecule has 1 aliphatic carbocycles. The fourth-order valence-corrected chi connectivity index (χ4v) is 2.07. The van der Waals surface area contributed by atoms with Gasteiger partial charge in [0, 0.05) is 0 Å². The minimum atomic E-state index is -4.41. The lowest BCUT2D eigenvalue weighted by atomic mass is 9.78. The zero-order valence-electron chi connectivity index (χ0n) is 8.94. The highest BCUT2D eigenvalue weighted by atomic mass is 19.4. The molecule has 17 heavy (non-hydrogen) atoms. The number of nitrogens with zero attached hydrogens (tertiary/aromatic N) is 1. The summed E-state index contributed by atoms with van der Waals surface area (Å²) in [5, 5.41) is 8.80. The van der Waals surface area contributed by atoms with E-state index in [-0.39, 0.29) is 18.8 Å². The number of aliphatic carboxylic acids is 1. The zero-order chi connectivity index (χ0) is 13.2. The quantitative estimate of drug-likeness (QED) is 0.497. The summed E-state index contributed by atoms with van der Waals surface area (Å²) in [4.78, 5) is 14.4. The van der Waals surface area contributed by atoms with Crippen LogP contribution >= 0.6 is 0 Å². The van der Waals surface area contributed by atoms with Gasteiger partial charge in [-0.25, -0.2) is 0 Å². The third-order valence-corrected chi connectivity index (χ3v) is 2.83. The molecule has 1 fully saturated rings. The van der Waals surface area contributed by atoms with Crippen molar-refractivity contribution in [1.29, 1.82) is 0 Å². The van der Waals surface area contributed by atoms with Crippen LogP contribution in [0.15, 0.2) is 4.99 Å². The smallest absolute Gasteiger partial charge is 0.391 e. The molecule has 5 nitrogen and oxygen atoms in total. The first-order chi connectivity index (χ1) is 7.70. The van der Waals surface area contributed by atoms with Gasteiger partial charge in [0.25, 0.3) is 0 Å². The Morgan fingerprint density at radius 1 is 1.24 bits per heavy atom. The van der Waals surface area contributed by atoms with Gasteiger partial charge in [-0.1, -0.05) is 0 Å².